The zero-order valence-corrected chi connectivity index (χ0v) is 13.0. The average molecular weight is 325 g/mol. The molecule has 7 nitrogen and oxygen atoms in total. The van der Waals surface area contributed by atoms with Crippen LogP contribution in [0.5, 0.6) is 0 Å². The highest BCUT2D eigenvalue weighted by atomic mass is 35.5. The van der Waals surface area contributed by atoms with Gasteiger partial charge in [-0.25, -0.2) is 14.5 Å². The Labute approximate surface area is 132 Å². The lowest BCUT2D eigenvalue weighted by atomic mass is 10.2. The maximum atomic E-state index is 11.1. The van der Waals surface area contributed by atoms with Gasteiger partial charge in [-0.2, -0.15) is 5.10 Å². The van der Waals surface area contributed by atoms with Crippen LogP contribution in [0.25, 0.3) is 11.0 Å². The van der Waals surface area contributed by atoms with Crippen LogP contribution in [0.4, 0.5) is 0 Å². The number of carbonyl (C=O) groups is 1. The van der Waals surface area contributed by atoms with E-state index in [2.05, 4.69) is 15.0 Å². The van der Waals surface area contributed by atoms with Crippen molar-refractivity contribution in [3.63, 3.8) is 0 Å². The Kier molecular flexibility index (Phi) is 4.28. The van der Waals surface area contributed by atoms with Gasteiger partial charge in [-0.3, -0.25) is 4.90 Å². The molecule has 1 fully saturated rings. The molecule has 0 radical (unpaired) electrons. The second-order valence-corrected chi connectivity index (χ2v) is 5.63. The normalized spacial score (nSPS) is 16.3. The molecule has 0 aromatic carbocycles. The maximum absolute atomic E-state index is 11.1. The van der Waals surface area contributed by atoms with Crippen molar-refractivity contribution in [1.82, 2.24) is 19.7 Å². The molecule has 1 N–H and O–H groups in total. The predicted molar refractivity (Wildman–Crippen MR) is 81.5 cm³/mol. The number of halogens is 1. The summed E-state index contributed by atoms with van der Waals surface area (Å²) in [6, 6.07) is 0. The van der Waals surface area contributed by atoms with E-state index in [9.17, 15) is 4.79 Å². The number of aryl methyl sites for hydroxylation is 1. The van der Waals surface area contributed by atoms with Crippen LogP contribution in [0.1, 0.15) is 16.1 Å². The number of fused-ring (bicyclic) bond motifs is 1. The van der Waals surface area contributed by atoms with Gasteiger partial charge >= 0.3 is 5.97 Å². The summed E-state index contributed by atoms with van der Waals surface area (Å²) < 4.78 is 7.12. The molecule has 3 heterocycles. The Hall–Kier alpha value is -1.70. The van der Waals surface area contributed by atoms with Crippen LogP contribution < -0.4 is 0 Å². The molecule has 118 valence electrons. The number of hydrogen-bond donors (Lipinski definition) is 1. The first-order valence-electron chi connectivity index (χ1n) is 7.13. The first kappa shape index (κ1) is 15.2. The van der Waals surface area contributed by atoms with Gasteiger partial charge in [0.15, 0.2) is 5.65 Å². The first-order valence-corrected chi connectivity index (χ1v) is 7.50. The lowest BCUT2D eigenvalue weighted by Crippen LogP contribution is -2.38. The Morgan fingerprint density at radius 2 is 2.14 bits per heavy atom. The third-order valence-electron chi connectivity index (χ3n) is 3.83. The molecule has 1 aliphatic heterocycles. The SMILES string of the molecule is Cc1nn(CCN2CCOCC2)c2ncc(C(=O)O)c(Cl)c12. The Balaban J connectivity index is 1.87. The summed E-state index contributed by atoms with van der Waals surface area (Å²) in [5.74, 6) is -1.08. The molecule has 3 rings (SSSR count). The van der Waals surface area contributed by atoms with Gasteiger partial charge < -0.3 is 9.84 Å². The van der Waals surface area contributed by atoms with Crippen LogP contribution in [0, 0.1) is 6.92 Å². The summed E-state index contributed by atoms with van der Waals surface area (Å²) in [6.45, 7) is 6.67. The number of ether oxygens (including phenoxy) is 1. The largest absolute Gasteiger partial charge is 0.478 e. The lowest BCUT2D eigenvalue weighted by Gasteiger charge is -2.26. The molecule has 0 unspecified atom stereocenters. The van der Waals surface area contributed by atoms with Crippen LogP contribution in [0.2, 0.25) is 5.02 Å². The Morgan fingerprint density at radius 1 is 1.41 bits per heavy atom. The van der Waals surface area contributed by atoms with E-state index in [1.165, 1.54) is 6.20 Å². The average Bonchev–Trinajstić information content (AvgIpc) is 2.83. The standard InChI is InChI=1S/C14H17ClN4O3/c1-9-11-12(15)10(14(20)21)8-16-13(11)19(17-9)3-2-18-4-6-22-7-5-18/h8H,2-7H2,1H3,(H,20,21). The van der Waals surface area contributed by atoms with Crippen LogP contribution in [-0.4, -0.2) is 63.6 Å². The van der Waals surface area contributed by atoms with Gasteiger partial charge in [-0.1, -0.05) is 11.6 Å². The highest BCUT2D eigenvalue weighted by molar-refractivity contribution is 6.38. The number of aromatic nitrogens is 3. The molecule has 2 aromatic heterocycles. The molecular formula is C14H17ClN4O3. The molecule has 0 amide bonds. The molecule has 1 aliphatic rings. The third-order valence-corrected chi connectivity index (χ3v) is 4.23. The molecule has 0 spiro atoms. The molecule has 0 aliphatic carbocycles. The van der Waals surface area contributed by atoms with Gasteiger partial charge in [0.2, 0.25) is 0 Å². The summed E-state index contributed by atoms with van der Waals surface area (Å²) in [6.07, 6.45) is 1.29. The van der Waals surface area contributed by atoms with Gasteiger partial charge in [0.25, 0.3) is 0 Å². The van der Waals surface area contributed by atoms with Crippen molar-refractivity contribution in [3.05, 3.63) is 22.5 Å². The van der Waals surface area contributed by atoms with Crippen molar-refractivity contribution in [3.8, 4) is 0 Å². The zero-order chi connectivity index (χ0) is 15.7. The minimum Gasteiger partial charge on any atom is -0.478 e. The third kappa shape index (κ3) is 2.79. The van der Waals surface area contributed by atoms with Gasteiger partial charge in [0.05, 0.1) is 41.4 Å². The first-order chi connectivity index (χ1) is 10.6. The van der Waals surface area contributed by atoms with E-state index in [1.54, 1.807) is 4.68 Å². The van der Waals surface area contributed by atoms with E-state index < -0.39 is 5.97 Å². The van der Waals surface area contributed by atoms with Crippen LogP contribution in [0.3, 0.4) is 0 Å². The van der Waals surface area contributed by atoms with Crippen molar-refractivity contribution in [2.75, 3.05) is 32.8 Å². The van der Waals surface area contributed by atoms with Crippen LogP contribution in [0.15, 0.2) is 6.20 Å². The summed E-state index contributed by atoms with van der Waals surface area (Å²) in [4.78, 5) is 17.7. The summed E-state index contributed by atoms with van der Waals surface area (Å²) >= 11 is 6.20. The monoisotopic (exact) mass is 324 g/mol. The van der Waals surface area contributed by atoms with E-state index in [-0.39, 0.29) is 10.6 Å². The molecule has 2 aromatic rings. The van der Waals surface area contributed by atoms with E-state index in [4.69, 9.17) is 21.4 Å². The van der Waals surface area contributed by atoms with E-state index in [0.717, 1.165) is 32.8 Å². The molecular weight excluding hydrogens is 308 g/mol. The van der Waals surface area contributed by atoms with E-state index in [1.807, 2.05) is 6.92 Å². The smallest absolute Gasteiger partial charge is 0.338 e. The number of rotatable bonds is 4. The van der Waals surface area contributed by atoms with Crippen molar-refractivity contribution < 1.29 is 14.6 Å². The Bertz CT molecular complexity index is 710. The van der Waals surface area contributed by atoms with Gasteiger partial charge in [0.1, 0.15) is 0 Å². The molecule has 0 bridgehead atoms. The number of aromatic carboxylic acids is 1. The number of hydrogen-bond acceptors (Lipinski definition) is 5. The minimum atomic E-state index is -1.08. The number of nitrogens with zero attached hydrogens (tertiary/aromatic N) is 4. The maximum Gasteiger partial charge on any atom is 0.338 e. The highest BCUT2D eigenvalue weighted by Crippen LogP contribution is 2.28. The van der Waals surface area contributed by atoms with Gasteiger partial charge in [-0.15, -0.1) is 0 Å². The molecule has 22 heavy (non-hydrogen) atoms. The van der Waals surface area contributed by atoms with Crippen molar-refractivity contribution in [1.29, 1.82) is 0 Å². The zero-order valence-electron chi connectivity index (χ0n) is 12.3. The molecule has 0 saturated carbocycles. The number of morpholine rings is 1. The lowest BCUT2D eigenvalue weighted by molar-refractivity contribution is 0.0361. The molecule has 0 atom stereocenters. The van der Waals surface area contributed by atoms with Crippen molar-refractivity contribution in [2.24, 2.45) is 0 Å². The quantitative estimate of drug-likeness (QED) is 0.916. The number of carboxylic acids is 1. The van der Waals surface area contributed by atoms with Crippen LogP contribution >= 0.6 is 11.6 Å². The molecule has 1 saturated heterocycles. The minimum absolute atomic E-state index is 0.00463. The fourth-order valence-corrected chi connectivity index (χ4v) is 2.99. The Morgan fingerprint density at radius 3 is 2.82 bits per heavy atom. The number of carboxylic acid groups (broad SMARTS) is 1. The summed E-state index contributed by atoms with van der Waals surface area (Å²) in [7, 11) is 0. The van der Waals surface area contributed by atoms with E-state index >= 15 is 0 Å². The second kappa shape index (κ2) is 6.20. The fourth-order valence-electron chi connectivity index (χ4n) is 2.64. The summed E-state index contributed by atoms with van der Waals surface area (Å²) in [5.41, 5.74) is 1.32. The number of pyridine rings is 1. The summed E-state index contributed by atoms with van der Waals surface area (Å²) in [5, 5.41) is 14.4. The van der Waals surface area contributed by atoms with Gasteiger partial charge in [-0.05, 0) is 6.92 Å². The van der Waals surface area contributed by atoms with Crippen molar-refractivity contribution in [2.45, 2.75) is 13.5 Å². The van der Waals surface area contributed by atoms with E-state index in [0.29, 0.717) is 23.3 Å². The van der Waals surface area contributed by atoms with Crippen LogP contribution in [-0.2, 0) is 11.3 Å². The topological polar surface area (TPSA) is 80.5 Å². The predicted octanol–water partition coefficient (Wildman–Crippen LogP) is 1.42. The fraction of sp³-hybridized carbons (Fsp3) is 0.500. The van der Waals surface area contributed by atoms with Gasteiger partial charge in [0, 0.05) is 25.8 Å². The molecule has 8 heteroatoms. The van der Waals surface area contributed by atoms with Crippen molar-refractivity contribution >= 4 is 28.6 Å². The highest BCUT2D eigenvalue weighted by Gasteiger charge is 2.19. The second-order valence-electron chi connectivity index (χ2n) is 5.25.